The van der Waals surface area contributed by atoms with Crippen molar-refractivity contribution in [2.24, 2.45) is 41.4 Å². The molecule has 3 nitrogen and oxygen atoms in total. The lowest BCUT2D eigenvalue weighted by Crippen LogP contribution is -2.48. The van der Waals surface area contributed by atoms with E-state index in [-0.39, 0.29) is 0 Å². The van der Waals surface area contributed by atoms with Gasteiger partial charge >= 0.3 is 0 Å². The molecule has 5 aromatic rings. The zero-order valence-corrected chi connectivity index (χ0v) is 27.8. The van der Waals surface area contributed by atoms with Gasteiger partial charge in [0.2, 0.25) is 0 Å². The quantitative estimate of drug-likeness (QED) is 0.187. The van der Waals surface area contributed by atoms with Crippen LogP contribution in [0.15, 0.2) is 24.5 Å². The molecule has 12 aliphatic carbocycles. The molecule has 4 heterocycles. The fourth-order valence-electron chi connectivity index (χ4n) is 16.5. The van der Waals surface area contributed by atoms with Crippen LogP contribution >= 0.6 is 0 Å². The number of nitrogens with zero attached hydrogens (tertiary/aromatic N) is 3. The van der Waals surface area contributed by atoms with Crippen molar-refractivity contribution >= 4 is 38.1 Å². The Kier molecular flexibility index (Phi) is 4.41. The molecular weight excluding hydrogens is 571 g/mol. The molecule has 238 valence electrons. The summed E-state index contributed by atoms with van der Waals surface area (Å²) >= 11 is 0. The van der Waals surface area contributed by atoms with Crippen LogP contribution in [-0.2, 0) is 5.41 Å². The minimum atomic E-state index is 0.402. The Morgan fingerprint density at radius 1 is 0.489 bits per heavy atom. The summed E-state index contributed by atoms with van der Waals surface area (Å²) in [6.07, 6.45) is 27.8. The molecule has 0 saturated heterocycles. The normalized spacial score (nSPS) is 43.5. The Balaban J connectivity index is 1.13. The van der Waals surface area contributed by atoms with Gasteiger partial charge in [-0.1, -0.05) is 0 Å². The van der Waals surface area contributed by atoms with Gasteiger partial charge in [-0.3, -0.25) is 9.97 Å². The van der Waals surface area contributed by atoms with Crippen molar-refractivity contribution in [1.82, 2.24) is 14.4 Å². The fraction of sp³-hybridized carbons (Fsp3) is 0.636. The molecule has 0 radical (unpaired) electrons. The molecule has 0 spiro atoms. The summed E-state index contributed by atoms with van der Waals surface area (Å²) in [6.45, 7) is 0. The minimum absolute atomic E-state index is 0.402. The smallest absolute Gasteiger partial charge is 0.0728 e. The average molecular weight is 618 g/mol. The first-order valence-corrected chi connectivity index (χ1v) is 20.2. The van der Waals surface area contributed by atoms with Crippen LogP contribution in [-0.4, -0.2) is 14.4 Å². The SMILES string of the molecule is c1c(C23CC4CC(CC(C4)C2)C3)cc2c3c4c(ncc3n3c5cnc6c(c5c1c23)C1CC2CC(CC6C2)C1)C1CC2CC(C1)CC4C2. The van der Waals surface area contributed by atoms with Gasteiger partial charge in [0.1, 0.15) is 0 Å². The molecule has 8 saturated carbocycles. The van der Waals surface area contributed by atoms with Gasteiger partial charge in [0.05, 0.1) is 28.9 Å². The van der Waals surface area contributed by atoms with Crippen LogP contribution in [0.4, 0.5) is 0 Å². The molecule has 47 heavy (non-hydrogen) atoms. The van der Waals surface area contributed by atoms with E-state index in [1.165, 1.54) is 131 Å². The molecule has 1 aromatic carbocycles. The number of pyridine rings is 2. The van der Waals surface area contributed by atoms with E-state index in [4.69, 9.17) is 9.97 Å². The lowest BCUT2D eigenvalue weighted by atomic mass is 9.48. The summed E-state index contributed by atoms with van der Waals surface area (Å²) in [6, 6.07) is 5.62. The van der Waals surface area contributed by atoms with E-state index < -0.39 is 0 Å². The van der Waals surface area contributed by atoms with Crippen LogP contribution in [0.3, 0.4) is 0 Å². The van der Waals surface area contributed by atoms with Crippen LogP contribution in [0.5, 0.6) is 0 Å². The number of benzene rings is 1. The van der Waals surface area contributed by atoms with E-state index in [2.05, 4.69) is 28.9 Å². The second-order valence-corrected chi connectivity index (χ2v) is 19.7. The Labute approximate surface area is 277 Å². The topological polar surface area (TPSA) is 30.2 Å². The van der Waals surface area contributed by atoms with Gasteiger partial charge in [0.15, 0.2) is 0 Å². The van der Waals surface area contributed by atoms with E-state index >= 15 is 0 Å². The van der Waals surface area contributed by atoms with Gasteiger partial charge in [-0.05, 0) is 190 Å². The molecule has 8 fully saturated rings. The maximum Gasteiger partial charge on any atom is 0.0728 e. The monoisotopic (exact) mass is 617 g/mol. The van der Waals surface area contributed by atoms with E-state index in [1.807, 2.05) is 0 Å². The van der Waals surface area contributed by atoms with Crippen LogP contribution in [0, 0.1) is 41.4 Å². The van der Waals surface area contributed by atoms with Gasteiger partial charge in [0, 0.05) is 44.8 Å². The minimum Gasteiger partial charge on any atom is -0.305 e. The van der Waals surface area contributed by atoms with E-state index in [0.717, 1.165) is 41.4 Å². The predicted molar refractivity (Wildman–Crippen MR) is 188 cm³/mol. The van der Waals surface area contributed by atoms with Crippen molar-refractivity contribution in [1.29, 1.82) is 0 Å². The Morgan fingerprint density at radius 3 is 1.34 bits per heavy atom. The Hall–Kier alpha value is -2.68. The first kappa shape index (κ1) is 25.3. The highest BCUT2D eigenvalue weighted by Crippen LogP contribution is 2.63. The van der Waals surface area contributed by atoms with Gasteiger partial charge in [0.25, 0.3) is 0 Å². The number of hydrogen-bond acceptors (Lipinski definition) is 2. The van der Waals surface area contributed by atoms with Crippen LogP contribution < -0.4 is 0 Å². The predicted octanol–water partition coefficient (Wildman–Crippen LogP) is 10.9. The molecule has 12 aliphatic rings. The number of aromatic nitrogens is 3. The van der Waals surface area contributed by atoms with Crippen molar-refractivity contribution in [2.45, 2.75) is 132 Å². The van der Waals surface area contributed by atoms with Crippen molar-refractivity contribution in [3.8, 4) is 0 Å². The lowest BCUT2D eigenvalue weighted by molar-refractivity contribution is -0.00508. The van der Waals surface area contributed by atoms with E-state index in [1.54, 1.807) is 38.2 Å². The fourth-order valence-corrected chi connectivity index (χ4v) is 16.5. The maximum atomic E-state index is 5.51. The van der Waals surface area contributed by atoms with Gasteiger partial charge < -0.3 is 4.40 Å². The molecule has 4 aromatic heterocycles. The van der Waals surface area contributed by atoms with E-state index in [0.29, 0.717) is 29.1 Å². The first-order valence-electron chi connectivity index (χ1n) is 20.2. The van der Waals surface area contributed by atoms with Crippen molar-refractivity contribution in [2.75, 3.05) is 0 Å². The number of hydrogen-bond donors (Lipinski definition) is 0. The molecule has 0 N–H and O–H groups in total. The molecular formula is C44H47N3. The molecule has 0 aliphatic heterocycles. The summed E-state index contributed by atoms with van der Waals surface area (Å²) in [4.78, 5) is 11.0. The van der Waals surface area contributed by atoms with Crippen molar-refractivity contribution in [3.63, 3.8) is 0 Å². The summed E-state index contributed by atoms with van der Waals surface area (Å²) in [5.74, 6) is 9.39. The second kappa shape index (κ2) is 8.19. The van der Waals surface area contributed by atoms with Crippen molar-refractivity contribution < 1.29 is 0 Å². The van der Waals surface area contributed by atoms with E-state index in [9.17, 15) is 0 Å². The summed E-state index contributed by atoms with van der Waals surface area (Å²) in [7, 11) is 0. The third-order valence-electron chi connectivity index (χ3n) is 17.1. The summed E-state index contributed by atoms with van der Waals surface area (Å²) in [5.41, 5.74) is 12.9. The molecule has 17 rings (SSSR count). The zero-order valence-electron chi connectivity index (χ0n) is 27.8. The van der Waals surface area contributed by atoms with Gasteiger partial charge in [-0.2, -0.15) is 0 Å². The van der Waals surface area contributed by atoms with Gasteiger partial charge in [-0.15, -0.1) is 0 Å². The Bertz CT molecular complexity index is 2030. The lowest BCUT2D eigenvalue weighted by Gasteiger charge is -2.57. The largest absolute Gasteiger partial charge is 0.305 e. The number of rotatable bonds is 1. The average Bonchev–Trinajstić information content (AvgIpc) is 3.43. The van der Waals surface area contributed by atoms with Crippen LogP contribution in [0.1, 0.15) is 154 Å². The van der Waals surface area contributed by atoms with Crippen LogP contribution in [0.25, 0.3) is 38.1 Å². The molecule has 12 bridgehead atoms. The molecule has 4 unspecified atom stereocenters. The molecule has 0 amide bonds. The number of fused-ring (bicyclic) bond motifs is 6. The summed E-state index contributed by atoms with van der Waals surface area (Å²) in [5, 5.41) is 6.45. The molecule has 4 atom stereocenters. The molecule has 3 heteroatoms. The third kappa shape index (κ3) is 3.03. The first-order chi connectivity index (χ1) is 23.1. The summed E-state index contributed by atoms with van der Waals surface area (Å²) < 4.78 is 2.71. The van der Waals surface area contributed by atoms with Gasteiger partial charge in [-0.25, -0.2) is 0 Å². The zero-order chi connectivity index (χ0) is 29.9. The Morgan fingerprint density at radius 2 is 0.894 bits per heavy atom. The standard InChI is InChI=1S/C44H47N3/c1-21-6-28-7-22(1)11-30(10-21)41-37(28)39-33-14-32(44-16-25-3-26(17-44)5-27(4-25)18-44)15-34-40-36(47(43(33)34)35(39)19-45-41)20-46-42-31-12-23-2-24(13-31)9-29(8-23)38(40)42/h14-15,19-31H,1-13,16-18H2. The maximum absolute atomic E-state index is 5.51. The second-order valence-electron chi connectivity index (χ2n) is 19.7. The van der Waals surface area contributed by atoms with Crippen molar-refractivity contribution in [3.05, 3.63) is 52.6 Å². The highest BCUT2D eigenvalue weighted by Gasteiger charge is 2.52. The highest BCUT2D eigenvalue weighted by atomic mass is 14.9. The highest BCUT2D eigenvalue weighted by molar-refractivity contribution is 6.25. The third-order valence-corrected chi connectivity index (χ3v) is 17.1. The van der Waals surface area contributed by atoms with Crippen LogP contribution in [0.2, 0.25) is 0 Å².